The van der Waals surface area contributed by atoms with Gasteiger partial charge >= 0.3 is 0 Å². The van der Waals surface area contributed by atoms with E-state index in [1.54, 1.807) is 18.3 Å². The lowest BCUT2D eigenvalue weighted by atomic mass is 10.1. The van der Waals surface area contributed by atoms with Gasteiger partial charge in [0.2, 0.25) is 5.91 Å². The summed E-state index contributed by atoms with van der Waals surface area (Å²) in [6.45, 7) is 1.88. The van der Waals surface area contributed by atoms with E-state index in [0.29, 0.717) is 10.6 Å². The molecule has 0 saturated heterocycles. The van der Waals surface area contributed by atoms with Gasteiger partial charge in [-0.25, -0.2) is 4.98 Å². The molecule has 140 valence electrons. The van der Waals surface area contributed by atoms with Gasteiger partial charge in [-0.3, -0.25) is 14.5 Å². The molecule has 6 heteroatoms. The van der Waals surface area contributed by atoms with Crippen LogP contribution in [0.2, 0.25) is 0 Å². The number of rotatable bonds is 4. The molecule has 1 N–H and O–H groups in total. The van der Waals surface area contributed by atoms with E-state index in [4.69, 9.17) is 0 Å². The van der Waals surface area contributed by atoms with Crippen LogP contribution in [0, 0.1) is 0 Å². The second-order valence-electron chi connectivity index (χ2n) is 6.52. The molecule has 1 aliphatic heterocycles. The Hall–Kier alpha value is -3.12. The Morgan fingerprint density at radius 1 is 1.07 bits per heavy atom. The van der Waals surface area contributed by atoms with E-state index in [1.165, 1.54) is 16.7 Å². The Bertz CT molecular complexity index is 1020. The molecular formula is C22H19N3O2S. The smallest absolute Gasteiger partial charge is 0.261 e. The van der Waals surface area contributed by atoms with Gasteiger partial charge in [-0.1, -0.05) is 54.2 Å². The van der Waals surface area contributed by atoms with Crippen LogP contribution in [0.25, 0.3) is 0 Å². The molecule has 3 aromatic rings. The van der Waals surface area contributed by atoms with E-state index >= 15 is 0 Å². The molecule has 2 aromatic carbocycles. The van der Waals surface area contributed by atoms with Gasteiger partial charge in [0.1, 0.15) is 11.6 Å². The monoisotopic (exact) mass is 389 g/mol. The standard InChI is InChI=1S/C22H19N3O2S/c1-15(16-8-3-2-4-9-16)24-20(26)14-25-18-11-5-6-12-19(18)28-21-17(22(25)27)10-7-13-23-21/h2-13,15H,14H2,1H3,(H,24,26)/t15-/m0/s1. The second kappa shape index (κ2) is 7.86. The summed E-state index contributed by atoms with van der Waals surface area (Å²) in [5.41, 5.74) is 2.24. The predicted molar refractivity (Wildman–Crippen MR) is 109 cm³/mol. The Balaban J connectivity index is 1.61. The van der Waals surface area contributed by atoms with Crippen LogP contribution in [0.4, 0.5) is 5.69 Å². The molecule has 0 radical (unpaired) electrons. The topological polar surface area (TPSA) is 62.3 Å². The molecule has 2 heterocycles. The molecular weight excluding hydrogens is 370 g/mol. The lowest BCUT2D eigenvalue weighted by Gasteiger charge is -2.23. The van der Waals surface area contributed by atoms with Crippen molar-refractivity contribution >= 4 is 29.3 Å². The van der Waals surface area contributed by atoms with Crippen molar-refractivity contribution in [2.45, 2.75) is 22.9 Å². The Morgan fingerprint density at radius 3 is 2.64 bits per heavy atom. The largest absolute Gasteiger partial charge is 0.348 e. The minimum absolute atomic E-state index is 0.0537. The summed E-state index contributed by atoms with van der Waals surface area (Å²) < 4.78 is 0. The highest BCUT2D eigenvalue weighted by Gasteiger charge is 2.29. The van der Waals surface area contributed by atoms with Gasteiger partial charge in [0.25, 0.3) is 5.91 Å². The van der Waals surface area contributed by atoms with E-state index in [0.717, 1.165) is 16.1 Å². The number of amides is 2. The summed E-state index contributed by atoms with van der Waals surface area (Å²) in [5, 5.41) is 3.64. The fraction of sp³-hybridized carbons (Fsp3) is 0.136. The van der Waals surface area contributed by atoms with Crippen LogP contribution < -0.4 is 10.2 Å². The molecule has 1 atom stereocenters. The number of anilines is 1. The fourth-order valence-electron chi connectivity index (χ4n) is 3.17. The zero-order chi connectivity index (χ0) is 19.5. The molecule has 1 aromatic heterocycles. The van der Waals surface area contributed by atoms with Crippen molar-refractivity contribution in [2.24, 2.45) is 0 Å². The number of benzene rings is 2. The summed E-state index contributed by atoms with van der Waals surface area (Å²) in [4.78, 5) is 32.7. The minimum Gasteiger partial charge on any atom is -0.348 e. The first-order valence-corrected chi connectivity index (χ1v) is 9.83. The highest BCUT2D eigenvalue weighted by molar-refractivity contribution is 7.99. The molecule has 4 rings (SSSR count). The minimum atomic E-state index is -0.219. The van der Waals surface area contributed by atoms with E-state index in [9.17, 15) is 9.59 Å². The summed E-state index contributed by atoms with van der Waals surface area (Å²) in [7, 11) is 0. The molecule has 2 amide bonds. The van der Waals surface area contributed by atoms with Gasteiger partial charge in [0.05, 0.1) is 17.3 Å². The number of carbonyl (C=O) groups excluding carboxylic acids is 2. The Labute approximate surface area is 167 Å². The second-order valence-corrected chi connectivity index (χ2v) is 7.55. The maximum Gasteiger partial charge on any atom is 0.261 e. The lowest BCUT2D eigenvalue weighted by molar-refractivity contribution is -0.120. The maximum atomic E-state index is 13.2. The zero-order valence-corrected chi connectivity index (χ0v) is 16.1. The van der Waals surface area contributed by atoms with Crippen LogP contribution in [0.3, 0.4) is 0 Å². The number of aromatic nitrogens is 1. The molecule has 0 saturated carbocycles. The third-order valence-electron chi connectivity index (χ3n) is 4.59. The van der Waals surface area contributed by atoms with Crippen LogP contribution in [-0.2, 0) is 4.79 Å². The van der Waals surface area contributed by atoms with Crippen molar-refractivity contribution in [3.8, 4) is 0 Å². The third-order valence-corrected chi connectivity index (χ3v) is 5.67. The molecule has 28 heavy (non-hydrogen) atoms. The van der Waals surface area contributed by atoms with Gasteiger partial charge in [-0.05, 0) is 36.8 Å². The molecule has 5 nitrogen and oxygen atoms in total. The van der Waals surface area contributed by atoms with Gasteiger partial charge in [0.15, 0.2) is 0 Å². The van der Waals surface area contributed by atoms with E-state index < -0.39 is 0 Å². The zero-order valence-electron chi connectivity index (χ0n) is 15.3. The Kier molecular flexibility index (Phi) is 5.12. The molecule has 0 fully saturated rings. The quantitative estimate of drug-likeness (QED) is 0.731. The first-order valence-electron chi connectivity index (χ1n) is 9.01. The number of fused-ring (bicyclic) bond motifs is 2. The summed E-state index contributed by atoms with van der Waals surface area (Å²) in [6.07, 6.45) is 1.67. The van der Waals surface area contributed by atoms with E-state index in [-0.39, 0.29) is 24.4 Å². The predicted octanol–water partition coefficient (Wildman–Crippen LogP) is 4.07. The maximum absolute atomic E-state index is 13.2. The fourth-order valence-corrected chi connectivity index (χ4v) is 4.19. The van der Waals surface area contributed by atoms with E-state index in [2.05, 4.69) is 10.3 Å². The number of carbonyl (C=O) groups is 2. The van der Waals surface area contributed by atoms with Crippen molar-refractivity contribution in [2.75, 3.05) is 11.4 Å². The lowest BCUT2D eigenvalue weighted by Crippen LogP contribution is -2.41. The van der Waals surface area contributed by atoms with Crippen LogP contribution in [0.5, 0.6) is 0 Å². The van der Waals surface area contributed by atoms with Crippen LogP contribution >= 0.6 is 11.8 Å². The first-order chi connectivity index (χ1) is 13.6. The summed E-state index contributed by atoms with van der Waals surface area (Å²) in [5.74, 6) is -0.431. The molecule has 0 aliphatic carbocycles. The van der Waals surface area contributed by atoms with Gasteiger partial charge < -0.3 is 5.32 Å². The van der Waals surface area contributed by atoms with Crippen LogP contribution in [0.1, 0.15) is 28.9 Å². The normalized spacial score (nSPS) is 13.9. The number of pyridine rings is 1. The SMILES string of the molecule is C[C@H](NC(=O)CN1C(=O)c2cccnc2Sc2ccccc21)c1ccccc1. The van der Waals surface area contributed by atoms with Gasteiger partial charge in [-0.15, -0.1) is 0 Å². The molecule has 0 unspecified atom stereocenters. The molecule has 0 bridgehead atoms. The van der Waals surface area contributed by atoms with Crippen molar-refractivity contribution in [1.29, 1.82) is 0 Å². The number of nitrogens with one attached hydrogen (secondary N) is 1. The van der Waals surface area contributed by atoms with Crippen molar-refractivity contribution < 1.29 is 9.59 Å². The Morgan fingerprint density at radius 2 is 1.82 bits per heavy atom. The summed E-state index contributed by atoms with van der Waals surface area (Å²) in [6, 6.07) is 20.7. The molecule has 1 aliphatic rings. The van der Waals surface area contributed by atoms with Crippen LogP contribution in [-0.4, -0.2) is 23.3 Å². The van der Waals surface area contributed by atoms with Gasteiger partial charge in [-0.2, -0.15) is 0 Å². The first kappa shape index (κ1) is 18.3. The summed E-state index contributed by atoms with van der Waals surface area (Å²) >= 11 is 1.44. The average molecular weight is 389 g/mol. The third kappa shape index (κ3) is 3.64. The number of para-hydroxylation sites is 1. The number of hydrogen-bond donors (Lipinski definition) is 1. The van der Waals surface area contributed by atoms with Crippen LogP contribution in [0.15, 0.2) is 82.8 Å². The van der Waals surface area contributed by atoms with Gasteiger partial charge in [0, 0.05) is 11.1 Å². The highest BCUT2D eigenvalue weighted by atomic mass is 32.2. The van der Waals surface area contributed by atoms with Crippen molar-refractivity contribution in [3.05, 3.63) is 84.1 Å². The highest BCUT2D eigenvalue weighted by Crippen LogP contribution is 2.39. The number of nitrogens with zero attached hydrogens (tertiary/aromatic N) is 2. The number of hydrogen-bond acceptors (Lipinski definition) is 4. The average Bonchev–Trinajstić information content (AvgIpc) is 2.84. The molecule has 0 spiro atoms. The van der Waals surface area contributed by atoms with Crippen molar-refractivity contribution in [3.63, 3.8) is 0 Å². The van der Waals surface area contributed by atoms with E-state index in [1.807, 2.05) is 61.5 Å². The van der Waals surface area contributed by atoms with Crippen molar-refractivity contribution in [1.82, 2.24) is 10.3 Å².